The van der Waals surface area contributed by atoms with E-state index in [1.807, 2.05) is 12.1 Å². The number of halogens is 3. The fourth-order valence-corrected chi connectivity index (χ4v) is 9.83. The molecule has 9 N–H and O–H groups in total. The topological polar surface area (TPSA) is 292 Å². The average molecular weight is 1560 g/mol. The molecule has 19 nitrogen and oxygen atoms in total. The molecule has 0 spiro atoms. The van der Waals surface area contributed by atoms with Gasteiger partial charge in [-0.2, -0.15) is 17.7 Å². The molecule has 23 heteroatoms. The van der Waals surface area contributed by atoms with Gasteiger partial charge in [0.15, 0.2) is 0 Å². The number of aliphatic hydroxyl groups excluding tert-OH is 3. The quantitative estimate of drug-likeness (QED) is 0.0216. The molecule has 9 rings (SSSR count). The number of nitrogens with two attached hydrogens (primary N) is 1. The molecule has 0 aromatic heterocycles. The van der Waals surface area contributed by atoms with E-state index in [0.29, 0.717) is 79.8 Å². The first-order valence-electron chi connectivity index (χ1n) is 28.1. The van der Waals surface area contributed by atoms with Crippen molar-refractivity contribution in [2.75, 3.05) is 73.1 Å². The predicted molar refractivity (Wildman–Crippen MR) is 368 cm³/mol. The van der Waals surface area contributed by atoms with E-state index < -0.39 is 30.1 Å². The van der Waals surface area contributed by atoms with Gasteiger partial charge in [0.2, 0.25) is 5.91 Å². The number of amides is 2. The maximum atomic E-state index is 12.2. The van der Waals surface area contributed by atoms with Gasteiger partial charge >= 0.3 is 36.8 Å². The fourth-order valence-electron chi connectivity index (χ4n) is 9.83. The number of carbonyl (C=O) groups is 5. The number of rotatable bonds is 20. The number of β-amino-alcohol motifs (C(OH)–C–C–N with tert-alkyl or cyclic N) is 3. The molecule has 3 atom stereocenters. The molecule has 0 saturated heterocycles. The second kappa shape index (κ2) is 45.1. The summed E-state index contributed by atoms with van der Waals surface area (Å²) in [5.74, 6) is -2.36. The van der Waals surface area contributed by atoms with Gasteiger partial charge in [0, 0.05) is 120 Å². The van der Waals surface area contributed by atoms with Gasteiger partial charge in [0.25, 0.3) is 5.91 Å². The standard InChI is InChI=1S/C22H26N2O4.C21H23N2O3.C13H20N2O.C9H8O4.CH4.I2.HI.Li.H2O/c1-28-22(27)18-8-6-17(7-9-18)21(26)23-12-10-20(25)15-24-13-11-16-4-2-3-5-19(16)14-24;24-15-16-5-7-18(8-6-16)21(26)22-11-9-20(25)14-23-12-10-17-3-1-2-4-19(17)13-23;14-7-5-13(16)10-15-8-6-11-3-1-2-4-12(11)9-15;1-13-9(12)7-4-2-6(3-5-7)8(10)11;;1-2;;;/h2-9,20,25H,10-15H2,1H3,(H,23,26);1-8,20,25H,9-14H2,(H,22,26);1-4,13,16H,5-10,14H2;2-5H,1H3,(H,10,11);1H4;;1H;;1H2/q;-1;;;;;;+1;/p-1. The van der Waals surface area contributed by atoms with Crippen molar-refractivity contribution in [2.45, 2.75) is 83.9 Å². The Labute approximate surface area is 575 Å². The molecule has 0 bridgehead atoms. The minimum Gasteiger partial charge on any atom is -0.870 e. The number of nitrogens with one attached hydrogen (secondary N) is 2. The maximum Gasteiger partial charge on any atom is 1.00 e. The van der Waals surface area contributed by atoms with Gasteiger partial charge in [-0.1, -0.05) is 80.2 Å². The Morgan fingerprint density at radius 2 is 0.809 bits per heavy atom. The number of nitrogens with zero attached hydrogens (tertiary/aromatic N) is 3. The second-order valence-corrected chi connectivity index (χ2v) is 20.5. The third kappa shape index (κ3) is 28.5. The zero-order valence-electron chi connectivity index (χ0n) is 49.9. The largest absolute Gasteiger partial charge is 1.00 e. The van der Waals surface area contributed by atoms with Gasteiger partial charge in [-0.25, -0.2) is 14.4 Å². The smallest absolute Gasteiger partial charge is 0.870 e. The maximum absolute atomic E-state index is 12.2. The van der Waals surface area contributed by atoms with Crippen LogP contribution in [-0.4, -0.2) is 168 Å². The van der Waals surface area contributed by atoms with Crippen LogP contribution in [0.5, 0.6) is 0 Å². The van der Waals surface area contributed by atoms with Crippen LogP contribution in [0.25, 0.3) is 0 Å². The van der Waals surface area contributed by atoms with Gasteiger partial charge in [-0.05, 0) is 127 Å². The van der Waals surface area contributed by atoms with Gasteiger partial charge in [0.05, 0.1) is 55.5 Å². The number of carboxylic acids is 1. The summed E-state index contributed by atoms with van der Waals surface area (Å²) < 4.78 is 9.09. The molecule has 3 aliphatic heterocycles. The van der Waals surface area contributed by atoms with Crippen LogP contribution in [0, 0.1) is 0 Å². The molecular formula is C66H83I3LiN6O13-. The number of benzene rings is 6. The van der Waals surface area contributed by atoms with Gasteiger partial charge in [-0.3, -0.25) is 24.3 Å². The number of carboxylic acid groups (broad SMARTS) is 1. The molecule has 3 aliphatic rings. The summed E-state index contributed by atoms with van der Waals surface area (Å²) in [4.78, 5) is 74.3. The molecule has 89 heavy (non-hydrogen) atoms. The van der Waals surface area contributed by atoms with Crippen LogP contribution >= 0.6 is 61.2 Å². The van der Waals surface area contributed by atoms with Crippen molar-refractivity contribution >= 4 is 97.2 Å². The molecule has 6 aromatic rings. The molecular weight excluding hydrogens is 1470 g/mol. The van der Waals surface area contributed by atoms with E-state index in [1.165, 1.54) is 71.9 Å². The van der Waals surface area contributed by atoms with Crippen LogP contribution in [0.15, 0.2) is 146 Å². The zero-order valence-corrected chi connectivity index (χ0v) is 56.5. The van der Waals surface area contributed by atoms with Crippen molar-refractivity contribution < 1.29 is 83.0 Å². The molecule has 0 aliphatic carbocycles. The summed E-state index contributed by atoms with van der Waals surface area (Å²) in [6.45, 7) is 8.90. The van der Waals surface area contributed by atoms with Crippen LogP contribution in [0.3, 0.4) is 0 Å². The number of aliphatic hydroxyl groups is 3. The first-order chi connectivity index (χ1) is 41.2. The number of carbonyl (C=O) groups excluding carboxylic acids is 5. The molecule has 3 heterocycles. The number of hydrogen-bond acceptors (Lipinski definition) is 16. The monoisotopic (exact) mass is 1560 g/mol. The van der Waals surface area contributed by atoms with Crippen molar-refractivity contribution in [3.63, 3.8) is 0 Å². The number of methoxy groups -OCH3 is 2. The minimum atomic E-state index is -1.02. The number of fused-ring (bicyclic) bond motifs is 3. The normalized spacial score (nSPS) is 13.8. The predicted octanol–water partition coefficient (Wildman–Crippen LogP) is 5.47. The SMILES string of the molecule is C.COC(=O)c1ccc(C(=O)NCCC(O)CN2CCc3ccccc3C2)cc1.COC(=O)c1ccc(C(=O)O)cc1.I.II.NCCC(O)CN1CCc2ccccc2C1.O=[C-]c1ccc(C(=O)NCCC(O)CN2CCc3ccccc3C2)cc1.[Li+].[OH-]. The van der Waals surface area contributed by atoms with Gasteiger partial charge in [0.1, 0.15) is 0 Å². The summed E-state index contributed by atoms with van der Waals surface area (Å²) in [5, 5.41) is 44.5. The second-order valence-electron chi connectivity index (χ2n) is 20.5. The van der Waals surface area contributed by atoms with E-state index in [9.17, 15) is 44.1 Å². The number of aromatic carboxylic acids is 1. The zero-order chi connectivity index (χ0) is 61.5. The number of ether oxygens (including phenoxy) is 2. The summed E-state index contributed by atoms with van der Waals surface area (Å²) in [6, 6.07) is 43.5. The Hall–Kier alpha value is -5.19. The first kappa shape index (κ1) is 81.8. The van der Waals surface area contributed by atoms with E-state index in [2.05, 4.69) is 133 Å². The minimum absolute atomic E-state index is 0. The van der Waals surface area contributed by atoms with Gasteiger partial charge < -0.3 is 56.5 Å². The van der Waals surface area contributed by atoms with Crippen LogP contribution < -0.4 is 35.2 Å². The molecule has 3 unspecified atom stereocenters. The Morgan fingerprint density at radius 3 is 1.11 bits per heavy atom. The Morgan fingerprint density at radius 1 is 0.517 bits per heavy atom. The Bertz CT molecular complexity index is 3060. The van der Waals surface area contributed by atoms with E-state index in [1.54, 1.807) is 54.8 Å². The van der Waals surface area contributed by atoms with Crippen LogP contribution in [0.4, 0.5) is 0 Å². The third-order valence-corrected chi connectivity index (χ3v) is 14.4. The summed E-state index contributed by atoms with van der Waals surface area (Å²) in [5.41, 5.74) is 16.0. The molecule has 0 saturated carbocycles. The molecule has 478 valence electrons. The van der Waals surface area contributed by atoms with E-state index in [4.69, 9.17) is 10.8 Å². The summed E-state index contributed by atoms with van der Waals surface area (Å²) in [7, 11) is 2.59. The first-order valence-corrected chi connectivity index (χ1v) is 34.4. The van der Waals surface area contributed by atoms with Crippen molar-refractivity contribution in [3.05, 3.63) is 212 Å². The molecule has 0 radical (unpaired) electrons. The van der Waals surface area contributed by atoms with Crippen molar-refractivity contribution in [3.8, 4) is 0 Å². The molecule has 0 fully saturated rings. The van der Waals surface area contributed by atoms with E-state index in [-0.39, 0.29) is 79.2 Å². The van der Waals surface area contributed by atoms with Gasteiger partial charge in [-0.15, -0.1) is 36.1 Å². The molecule has 2 amide bonds. The Balaban J connectivity index is 0.000000601. The van der Waals surface area contributed by atoms with Crippen molar-refractivity contribution in [1.29, 1.82) is 0 Å². The number of esters is 2. The number of hydrogen-bond donors (Lipinski definition) is 7. The van der Waals surface area contributed by atoms with E-state index in [0.717, 1.165) is 65.1 Å². The van der Waals surface area contributed by atoms with Crippen molar-refractivity contribution in [2.24, 2.45) is 5.73 Å². The molecule has 6 aromatic carbocycles. The van der Waals surface area contributed by atoms with Crippen LogP contribution in [0.2, 0.25) is 0 Å². The van der Waals surface area contributed by atoms with Crippen LogP contribution in [0.1, 0.15) is 117 Å². The third-order valence-electron chi connectivity index (χ3n) is 14.4. The summed E-state index contributed by atoms with van der Waals surface area (Å²) >= 11 is 4.24. The fraction of sp³-hybridized carbons (Fsp3) is 0.364. The van der Waals surface area contributed by atoms with E-state index >= 15 is 0 Å². The summed E-state index contributed by atoms with van der Waals surface area (Å²) in [6.07, 6.45) is 5.31. The average Bonchev–Trinajstić information content (AvgIpc) is 3.74. The van der Waals surface area contributed by atoms with Crippen LogP contribution in [-0.2, 0) is 53.2 Å². The van der Waals surface area contributed by atoms with Crippen molar-refractivity contribution in [1.82, 2.24) is 25.3 Å². The Kier molecular flexibility index (Phi) is 41.5.